The van der Waals surface area contributed by atoms with E-state index >= 15 is 0 Å². The van der Waals surface area contributed by atoms with Crippen molar-refractivity contribution in [2.45, 2.75) is 85.8 Å². The molecular formula is C37H44ClF3N8O3S. The van der Waals surface area contributed by atoms with Crippen molar-refractivity contribution in [3.05, 3.63) is 88.2 Å². The molecular weight excluding hydrogens is 729 g/mol. The topological polar surface area (TPSA) is 171 Å². The summed E-state index contributed by atoms with van der Waals surface area (Å²) in [5.41, 5.74) is 13.0. The van der Waals surface area contributed by atoms with Crippen molar-refractivity contribution in [1.82, 2.24) is 30.8 Å². The minimum atomic E-state index is -4.71. The second-order valence-electron chi connectivity index (χ2n) is 13.0. The van der Waals surface area contributed by atoms with Gasteiger partial charge in [0, 0.05) is 54.8 Å². The minimum Gasteiger partial charge on any atom is -0.361 e. The second kappa shape index (κ2) is 18.3. The molecule has 1 aliphatic rings. The molecule has 0 spiro atoms. The molecule has 3 unspecified atom stereocenters. The number of halogens is 4. The number of H-pyrrole nitrogens is 1. The van der Waals surface area contributed by atoms with Crippen molar-refractivity contribution in [1.29, 1.82) is 0 Å². The van der Waals surface area contributed by atoms with Crippen molar-refractivity contribution < 1.29 is 27.6 Å². The highest BCUT2D eigenvalue weighted by molar-refractivity contribution is 7.99. The number of carbonyl (C=O) groups is 3. The number of nitrogens with one attached hydrogen (secondary N) is 4. The molecule has 2 aromatic heterocycles. The Morgan fingerprint density at radius 1 is 0.943 bits per heavy atom. The Morgan fingerprint density at radius 3 is 2.45 bits per heavy atom. The maximum atomic E-state index is 14.4. The minimum absolute atomic E-state index is 0.0739. The van der Waals surface area contributed by atoms with Crippen molar-refractivity contribution in [3.8, 4) is 0 Å². The molecule has 0 bridgehead atoms. The summed E-state index contributed by atoms with van der Waals surface area (Å²) >= 11 is 7.63. The summed E-state index contributed by atoms with van der Waals surface area (Å²) in [6, 6.07) is 9.96. The maximum absolute atomic E-state index is 14.4. The Bertz CT molecular complexity index is 1910. The van der Waals surface area contributed by atoms with E-state index in [0.717, 1.165) is 40.4 Å². The Balaban J connectivity index is 1.61. The van der Waals surface area contributed by atoms with Gasteiger partial charge in [-0.3, -0.25) is 14.4 Å². The summed E-state index contributed by atoms with van der Waals surface area (Å²) in [4.78, 5) is 51.8. The highest BCUT2D eigenvalue weighted by Crippen LogP contribution is 2.41. The van der Waals surface area contributed by atoms with Crippen molar-refractivity contribution in [2.75, 3.05) is 20.1 Å². The number of hydrogen-bond acceptors (Lipinski definition) is 8. The fraction of sp³-hybridized carbons (Fsp3) is 0.405. The number of hydrogen-bond donors (Lipinski definition) is 6. The number of nitrogens with zero attached hydrogens (tertiary/aromatic N) is 2. The average molecular weight is 773 g/mol. The van der Waals surface area contributed by atoms with Crippen LogP contribution in [0, 0.1) is 0 Å². The van der Waals surface area contributed by atoms with Gasteiger partial charge in [-0.25, -0.2) is 4.98 Å². The zero-order valence-electron chi connectivity index (χ0n) is 29.3. The molecule has 1 aliphatic heterocycles. The molecule has 2 aromatic carbocycles. The average Bonchev–Trinajstić information content (AvgIpc) is 3.55. The summed E-state index contributed by atoms with van der Waals surface area (Å²) in [5.74, 6) is -1.51. The van der Waals surface area contributed by atoms with Gasteiger partial charge in [-0.15, -0.1) is 0 Å². The summed E-state index contributed by atoms with van der Waals surface area (Å²) in [6.45, 7) is 0.571. The monoisotopic (exact) mass is 772 g/mol. The fourth-order valence-corrected chi connectivity index (χ4v) is 7.68. The third-order valence-electron chi connectivity index (χ3n) is 9.27. The Hall–Kier alpha value is -4.15. The number of fused-ring (bicyclic) bond motifs is 3. The van der Waals surface area contributed by atoms with Crippen LogP contribution in [0.3, 0.4) is 0 Å². The lowest BCUT2D eigenvalue weighted by Crippen LogP contribution is -2.57. The molecule has 16 heteroatoms. The second-order valence-corrected chi connectivity index (χ2v) is 14.4. The van der Waals surface area contributed by atoms with Crippen LogP contribution in [0.15, 0.2) is 70.8 Å². The molecule has 0 saturated carbocycles. The predicted molar refractivity (Wildman–Crippen MR) is 199 cm³/mol. The number of benzene rings is 2. The summed E-state index contributed by atoms with van der Waals surface area (Å²) in [6.07, 6.45) is 0.985. The fourth-order valence-electron chi connectivity index (χ4n) is 6.32. The molecule has 0 fully saturated rings. The molecule has 4 aromatic rings. The first-order valence-electron chi connectivity index (χ1n) is 17.5. The number of nitrogens with two attached hydrogens (primary N) is 2. The standard InChI is InChI=1S/C37H44ClF3N8O3S/c1-49-31(17-23-20-45-28-10-3-2-9-26(23)28)34(51)47-21-24-16-25(37(39,40)41)18-27(38)32(24)53-35-22(8-7-15-44-35)19-46-29(12-6-14-43)33(50)48-30(36(49)52)11-4-5-13-42/h2-3,7-10,15-16,18,20,29-31,45-46H,4-6,11-14,17,19,21,42-43H2,1H3,(H,47,51)(H,48,50). The number of carbonyl (C=O) groups excluding carboxylic acids is 3. The van der Waals surface area contributed by atoms with E-state index in [-0.39, 0.29) is 41.4 Å². The Labute approximate surface area is 315 Å². The summed E-state index contributed by atoms with van der Waals surface area (Å²) < 4.78 is 42.2. The van der Waals surface area contributed by atoms with Gasteiger partial charge in [0.05, 0.1) is 16.6 Å². The summed E-state index contributed by atoms with van der Waals surface area (Å²) in [5, 5.41) is 10.2. The number of para-hydroxylation sites is 1. The first-order valence-corrected chi connectivity index (χ1v) is 18.6. The number of unbranched alkanes of at least 4 members (excludes halogenated alkanes) is 1. The van der Waals surface area contributed by atoms with Gasteiger partial charge in [-0.2, -0.15) is 13.2 Å². The van der Waals surface area contributed by atoms with Gasteiger partial charge in [-0.1, -0.05) is 47.6 Å². The number of rotatable bonds is 9. The molecule has 8 N–H and O–H groups in total. The molecule has 5 rings (SSSR count). The molecule has 3 atom stereocenters. The lowest BCUT2D eigenvalue weighted by molar-refractivity contribution is -0.142. The number of alkyl halides is 3. The van der Waals surface area contributed by atoms with Crippen LogP contribution in [0.2, 0.25) is 5.02 Å². The quantitative estimate of drug-likeness (QED) is 0.131. The van der Waals surface area contributed by atoms with E-state index in [4.69, 9.17) is 23.1 Å². The number of amides is 3. The largest absolute Gasteiger partial charge is 0.416 e. The normalized spacial score (nSPS) is 19.3. The van der Waals surface area contributed by atoms with Crippen molar-refractivity contribution in [2.24, 2.45) is 11.5 Å². The maximum Gasteiger partial charge on any atom is 0.416 e. The highest BCUT2D eigenvalue weighted by Gasteiger charge is 2.35. The van der Waals surface area contributed by atoms with Crippen LogP contribution in [0.5, 0.6) is 0 Å². The van der Waals surface area contributed by atoms with E-state index in [1.807, 2.05) is 24.3 Å². The van der Waals surface area contributed by atoms with Gasteiger partial charge >= 0.3 is 6.18 Å². The van der Waals surface area contributed by atoms with Crippen LogP contribution < -0.4 is 27.4 Å². The molecule has 3 amide bonds. The van der Waals surface area contributed by atoms with Crippen LogP contribution in [0.1, 0.15) is 54.4 Å². The van der Waals surface area contributed by atoms with Crippen molar-refractivity contribution >= 4 is 52.0 Å². The van der Waals surface area contributed by atoms with E-state index in [2.05, 4.69) is 25.9 Å². The highest BCUT2D eigenvalue weighted by atomic mass is 35.5. The van der Waals surface area contributed by atoms with Gasteiger partial charge in [0.2, 0.25) is 17.7 Å². The smallest absolute Gasteiger partial charge is 0.361 e. The third kappa shape index (κ3) is 10.1. The zero-order chi connectivity index (χ0) is 38.1. The molecule has 284 valence electrons. The van der Waals surface area contributed by atoms with Gasteiger partial charge in [0.15, 0.2) is 0 Å². The van der Waals surface area contributed by atoms with Crippen LogP contribution >= 0.6 is 23.4 Å². The lowest BCUT2D eigenvalue weighted by atomic mass is 10.0. The van der Waals surface area contributed by atoms with Crippen LogP contribution in [0.4, 0.5) is 13.2 Å². The van der Waals surface area contributed by atoms with Gasteiger partial charge in [-0.05, 0) is 86.1 Å². The van der Waals surface area contributed by atoms with E-state index < -0.39 is 47.6 Å². The molecule has 3 heterocycles. The van der Waals surface area contributed by atoms with E-state index in [0.29, 0.717) is 49.4 Å². The Morgan fingerprint density at radius 2 is 1.70 bits per heavy atom. The van der Waals surface area contributed by atoms with E-state index in [1.165, 1.54) is 11.9 Å². The Kier molecular flexibility index (Phi) is 13.8. The van der Waals surface area contributed by atoms with Crippen LogP contribution in [-0.4, -0.2) is 70.9 Å². The molecule has 0 aliphatic carbocycles. The van der Waals surface area contributed by atoms with Crippen molar-refractivity contribution in [3.63, 3.8) is 0 Å². The lowest BCUT2D eigenvalue weighted by Gasteiger charge is -2.32. The van der Waals surface area contributed by atoms with Gasteiger partial charge in [0.1, 0.15) is 17.1 Å². The number of likely N-dealkylation sites (N-methyl/N-ethyl adjacent to an activating group) is 1. The first kappa shape index (κ1) is 40.0. The molecule has 0 radical (unpaired) electrons. The number of aromatic amines is 1. The number of aromatic nitrogens is 2. The molecule has 53 heavy (non-hydrogen) atoms. The van der Waals surface area contributed by atoms with Gasteiger partial charge in [0.25, 0.3) is 0 Å². The van der Waals surface area contributed by atoms with Gasteiger partial charge < -0.3 is 37.3 Å². The predicted octanol–water partition coefficient (Wildman–Crippen LogP) is 4.90. The van der Waals surface area contributed by atoms with E-state index in [9.17, 15) is 27.6 Å². The van der Waals surface area contributed by atoms with E-state index in [1.54, 1.807) is 24.5 Å². The first-order chi connectivity index (χ1) is 25.4. The molecule has 0 saturated heterocycles. The SMILES string of the molecule is CN1C(=O)C(CCCCN)NC(=O)C(CCCN)NCc2cccnc2Sc2c(Cl)cc(C(F)(F)F)cc2CNC(=O)C1Cc1c[nH]c2ccccc12. The van der Waals surface area contributed by atoms with Crippen LogP contribution in [0.25, 0.3) is 10.9 Å². The van der Waals surface area contributed by atoms with Crippen LogP contribution in [-0.2, 0) is 40.1 Å². The summed E-state index contributed by atoms with van der Waals surface area (Å²) in [7, 11) is 1.49. The third-order valence-corrected chi connectivity index (χ3v) is 10.9. The molecule has 11 nitrogen and oxygen atoms in total. The number of pyridine rings is 1. The zero-order valence-corrected chi connectivity index (χ0v) is 30.8.